The molecule has 1 heterocycles. The number of nitrogens with zero attached hydrogens (tertiary/aromatic N) is 3. The van der Waals surface area contributed by atoms with E-state index >= 15 is 0 Å². The van der Waals surface area contributed by atoms with Crippen LogP contribution < -0.4 is 5.32 Å². The highest BCUT2D eigenvalue weighted by Gasteiger charge is 2.01. The zero-order valence-electron chi connectivity index (χ0n) is 10.3. The summed E-state index contributed by atoms with van der Waals surface area (Å²) in [7, 11) is 6.06. The highest BCUT2D eigenvalue weighted by Crippen LogP contribution is 2.05. The molecule has 0 aliphatic rings. The SMILES string of the molecule is CN(C)CCCNCc1cc(C#N)n(C)c1. The van der Waals surface area contributed by atoms with E-state index in [9.17, 15) is 0 Å². The lowest BCUT2D eigenvalue weighted by atomic mass is 10.3. The van der Waals surface area contributed by atoms with Gasteiger partial charge in [0.05, 0.1) is 0 Å². The minimum atomic E-state index is 0.713. The molecule has 0 aliphatic carbocycles. The number of rotatable bonds is 6. The summed E-state index contributed by atoms with van der Waals surface area (Å²) in [6.45, 7) is 2.95. The van der Waals surface area contributed by atoms with Gasteiger partial charge in [-0.25, -0.2) is 0 Å². The Bertz CT molecular complexity index is 360. The van der Waals surface area contributed by atoms with Crippen LogP contribution in [-0.2, 0) is 13.6 Å². The van der Waals surface area contributed by atoms with Gasteiger partial charge in [-0.3, -0.25) is 0 Å². The second-order valence-corrected chi connectivity index (χ2v) is 4.29. The van der Waals surface area contributed by atoms with Crippen molar-refractivity contribution >= 4 is 0 Å². The number of nitrogens with one attached hydrogen (secondary N) is 1. The highest BCUT2D eigenvalue weighted by molar-refractivity contribution is 5.28. The van der Waals surface area contributed by atoms with E-state index in [0.717, 1.165) is 26.1 Å². The van der Waals surface area contributed by atoms with Crippen molar-refractivity contribution in [3.63, 3.8) is 0 Å². The van der Waals surface area contributed by atoms with Gasteiger partial charge in [0, 0.05) is 19.8 Å². The first-order valence-corrected chi connectivity index (χ1v) is 5.54. The van der Waals surface area contributed by atoms with Crippen molar-refractivity contribution in [1.82, 2.24) is 14.8 Å². The van der Waals surface area contributed by atoms with Crippen molar-refractivity contribution in [2.75, 3.05) is 27.2 Å². The summed E-state index contributed by atoms with van der Waals surface area (Å²) >= 11 is 0. The maximum Gasteiger partial charge on any atom is 0.120 e. The Morgan fingerprint density at radius 2 is 2.25 bits per heavy atom. The fourth-order valence-corrected chi connectivity index (χ4v) is 1.59. The van der Waals surface area contributed by atoms with Gasteiger partial charge in [0.1, 0.15) is 11.8 Å². The lowest BCUT2D eigenvalue weighted by Crippen LogP contribution is -2.20. The topological polar surface area (TPSA) is 44.0 Å². The van der Waals surface area contributed by atoms with E-state index in [1.165, 1.54) is 5.56 Å². The van der Waals surface area contributed by atoms with Crippen LogP contribution in [0.5, 0.6) is 0 Å². The lowest BCUT2D eigenvalue weighted by Gasteiger charge is -2.09. The summed E-state index contributed by atoms with van der Waals surface area (Å²) in [6, 6.07) is 4.09. The molecule has 0 unspecified atom stereocenters. The van der Waals surface area contributed by atoms with E-state index in [2.05, 4.69) is 30.4 Å². The van der Waals surface area contributed by atoms with Gasteiger partial charge in [0.2, 0.25) is 0 Å². The fourth-order valence-electron chi connectivity index (χ4n) is 1.59. The van der Waals surface area contributed by atoms with Gasteiger partial charge < -0.3 is 14.8 Å². The molecule has 0 radical (unpaired) electrons. The van der Waals surface area contributed by atoms with Crippen LogP contribution in [0.3, 0.4) is 0 Å². The molecule has 0 fully saturated rings. The third-order valence-corrected chi connectivity index (χ3v) is 2.46. The molecule has 1 rings (SSSR count). The van der Waals surface area contributed by atoms with Crippen molar-refractivity contribution in [2.24, 2.45) is 7.05 Å². The molecule has 0 atom stereocenters. The van der Waals surface area contributed by atoms with Crippen LogP contribution in [0.15, 0.2) is 12.3 Å². The van der Waals surface area contributed by atoms with Crippen LogP contribution in [0.4, 0.5) is 0 Å². The van der Waals surface area contributed by atoms with E-state index in [1.807, 2.05) is 23.9 Å². The monoisotopic (exact) mass is 220 g/mol. The Hall–Kier alpha value is -1.31. The predicted molar refractivity (Wildman–Crippen MR) is 65.0 cm³/mol. The first-order valence-electron chi connectivity index (χ1n) is 5.54. The van der Waals surface area contributed by atoms with Crippen molar-refractivity contribution < 1.29 is 0 Å². The highest BCUT2D eigenvalue weighted by atomic mass is 15.1. The Balaban J connectivity index is 2.25. The number of aromatic nitrogens is 1. The molecule has 0 saturated heterocycles. The fraction of sp³-hybridized carbons (Fsp3) is 0.583. The largest absolute Gasteiger partial charge is 0.342 e. The predicted octanol–water partition coefficient (Wildman–Crippen LogP) is 0.938. The quantitative estimate of drug-likeness (QED) is 0.726. The summed E-state index contributed by atoms with van der Waals surface area (Å²) < 4.78 is 1.86. The Labute approximate surface area is 97.5 Å². The van der Waals surface area contributed by atoms with Crippen molar-refractivity contribution in [1.29, 1.82) is 5.26 Å². The van der Waals surface area contributed by atoms with Gasteiger partial charge in [0.15, 0.2) is 0 Å². The van der Waals surface area contributed by atoms with Crippen molar-refractivity contribution in [3.8, 4) is 6.07 Å². The first kappa shape index (κ1) is 12.8. The summed E-state index contributed by atoms with van der Waals surface area (Å²) in [5.41, 5.74) is 1.88. The third kappa shape index (κ3) is 4.05. The minimum absolute atomic E-state index is 0.713. The second kappa shape index (κ2) is 6.31. The molecule has 0 saturated carbocycles. The molecule has 1 N–H and O–H groups in total. The van der Waals surface area contributed by atoms with E-state index in [4.69, 9.17) is 5.26 Å². The third-order valence-electron chi connectivity index (χ3n) is 2.46. The van der Waals surface area contributed by atoms with Gasteiger partial charge in [-0.2, -0.15) is 5.26 Å². The van der Waals surface area contributed by atoms with E-state index in [1.54, 1.807) is 0 Å². The average molecular weight is 220 g/mol. The van der Waals surface area contributed by atoms with Gasteiger partial charge in [-0.1, -0.05) is 0 Å². The number of aryl methyl sites for hydroxylation is 1. The number of hydrogen-bond donors (Lipinski definition) is 1. The molecule has 4 heteroatoms. The normalized spacial score (nSPS) is 10.7. The number of hydrogen-bond acceptors (Lipinski definition) is 3. The molecule has 1 aromatic rings. The van der Waals surface area contributed by atoms with Crippen LogP contribution in [0.25, 0.3) is 0 Å². The van der Waals surface area contributed by atoms with E-state index in [-0.39, 0.29) is 0 Å². The number of nitriles is 1. The van der Waals surface area contributed by atoms with E-state index in [0.29, 0.717) is 5.69 Å². The Morgan fingerprint density at radius 3 is 2.81 bits per heavy atom. The minimum Gasteiger partial charge on any atom is -0.342 e. The van der Waals surface area contributed by atoms with Gasteiger partial charge >= 0.3 is 0 Å². The molecule has 4 nitrogen and oxygen atoms in total. The van der Waals surface area contributed by atoms with Crippen molar-refractivity contribution in [3.05, 3.63) is 23.5 Å². The molecular weight excluding hydrogens is 200 g/mol. The Kier molecular flexibility index (Phi) is 5.03. The molecule has 0 bridgehead atoms. The summed E-state index contributed by atoms with van der Waals surface area (Å²) in [4.78, 5) is 2.18. The average Bonchev–Trinajstić information content (AvgIpc) is 2.58. The standard InChI is InChI=1S/C12H20N4/c1-15(2)6-4-5-14-9-11-7-12(8-13)16(3)10-11/h7,10,14H,4-6,9H2,1-3H3. The molecule has 16 heavy (non-hydrogen) atoms. The van der Waals surface area contributed by atoms with Gasteiger partial charge in [0.25, 0.3) is 0 Å². The van der Waals surface area contributed by atoms with Crippen LogP contribution in [-0.4, -0.2) is 36.7 Å². The van der Waals surface area contributed by atoms with Crippen LogP contribution in [0, 0.1) is 11.3 Å². The van der Waals surface area contributed by atoms with Crippen molar-refractivity contribution in [2.45, 2.75) is 13.0 Å². The molecular formula is C12H20N4. The second-order valence-electron chi connectivity index (χ2n) is 4.29. The summed E-state index contributed by atoms with van der Waals surface area (Å²) in [5.74, 6) is 0. The molecule has 88 valence electrons. The molecule has 0 amide bonds. The lowest BCUT2D eigenvalue weighted by molar-refractivity contribution is 0.394. The molecule has 0 spiro atoms. The summed E-state index contributed by atoms with van der Waals surface area (Å²) in [5, 5.41) is 12.2. The molecule has 0 aliphatic heterocycles. The zero-order valence-corrected chi connectivity index (χ0v) is 10.3. The smallest absolute Gasteiger partial charge is 0.120 e. The Morgan fingerprint density at radius 1 is 1.50 bits per heavy atom. The van der Waals surface area contributed by atoms with Crippen LogP contribution in [0.1, 0.15) is 17.7 Å². The van der Waals surface area contributed by atoms with Gasteiger partial charge in [-0.15, -0.1) is 0 Å². The molecule has 1 aromatic heterocycles. The van der Waals surface area contributed by atoms with Gasteiger partial charge in [-0.05, 0) is 45.2 Å². The maximum absolute atomic E-state index is 8.81. The van der Waals surface area contributed by atoms with Crippen LogP contribution >= 0.6 is 0 Å². The zero-order chi connectivity index (χ0) is 12.0. The van der Waals surface area contributed by atoms with E-state index < -0.39 is 0 Å². The first-order chi connectivity index (χ1) is 7.63. The molecule has 0 aromatic carbocycles. The van der Waals surface area contributed by atoms with Crippen LogP contribution in [0.2, 0.25) is 0 Å². The summed E-state index contributed by atoms with van der Waals surface area (Å²) in [6.07, 6.45) is 3.14. The maximum atomic E-state index is 8.81.